The van der Waals surface area contributed by atoms with Crippen molar-refractivity contribution in [1.29, 1.82) is 0 Å². The lowest BCUT2D eigenvalue weighted by atomic mass is 10.1. The minimum Gasteiger partial charge on any atom is -0.317 e. The average Bonchev–Trinajstić information content (AvgIpc) is 2.55. The van der Waals surface area contributed by atoms with E-state index in [1.165, 1.54) is 37.1 Å². The fourth-order valence-corrected chi connectivity index (χ4v) is 2.33. The van der Waals surface area contributed by atoms with Crippen LogP contribution in [0, 0.1) is 0 Å². The van der Waals surface area contributed by atoms with Crippen LogP contribution < -0.4 is 5.32 Å². The van der Waals surface area contributed by atoms with Crippen LogP contribution in [0.3, 0.4) is 0 Å². The van der Waals surface area contributed by atoms with Gasteiger partial charge in [0.05, 0.1) is 0 Å². The van der Waals surface area contributed by atoms with Crippen molar-refractivity contribution in [1.82, 2.24) is 15.3 Å². The van der Waals surface area contributed by atoms with Gasteiger partial charge in [-0.25, -0.2) is 0 Å². The van der Waals surface area contributed by atoms with Gasteiger partial charge < -0.3 is 5.32 Å². The Morgan fingerprint density at radius 1 is 0.667 bits per heavy atom. The Hall–Kier alpha value is -1.74. The van der Waals surface area contributed by atoms with Crippen LogP contribution in [0.5, 0.6) is 0 Å². The molecule has 0 unspecified atom stereocenters. The van der Waals surface area contributed by atoms with E-state index in [4.69, 9.17) is 0 Å². The summed E-state index contributed by atoms with van der Waals surface area (Å²) in [4.78, 5) is 8.68. The second-order valence-corrected chi connectivity index (χ2v) is 5.31. The summed E-state index contributed by atoms with van der Waals surface area (Å²) in [5, 5.41) is 3.52. The summed E-state index contributed by atoms with van der Waals surface area (Å²) in [6.07, 6.45) is 10.8. The highest BCUT2D eigenvalue weighted by atomic mass is 14.8. The van der Waals surface area contributed by atoms with Gasteiger partial charge in [-0.2, -0.15) is 0 Å². The van der Waals surface area contributed by atoms with E-state index in [1.807, 2.05) is 24.5 Å². The lowest BCUT2D eigenvalue weighted by molar-refractivity contribution is 0.586. The third-order valence-corrected chi connectivity index (χ3v) is 3.53. The molecule has 0 bridgehead atoms. The van der Waals surface area contributed by atoms with Gasteiger partial charge in [0, 0.05) is 23.8 Å². The highest BCUT2D eigenvalue weighted by Gasteiger charge is 1.95. The summed E-state index contributed by atoms with van der Waals surface area (Å²) in [6.45, 7) is 2.22. The lowest BCUT2D eigenvalue weighted by Crippen LogP contribution is -2.17. The van der Waals surface area contributed by atoms with Crippen molar-refractivity contribution in [3.8, 4) is 0 Å². The standard InChI is InChI=1S/C18H25N3/c1(9-17-11-3-7-15-20-17)5-13-19-14-6-2-10-18-12-4-8-16-21-18/h3-4,7-8,11-12,15-16,19H,1-2,5-6,9-10,13-14H2. The van der Waals surface area contributed by atoms with E-state index in [0.29, 0.717) is 0 Å². The monoisotopic (exact) mass is 283 g/mol. The first kappa shape index (κ1) is 15.6. The Bertz CT molecular complexity index is 425. The molecule has 0 fully saturated rings. The van der Waals surface area contributed by atoms with Crippen molar-refractivity contribution in [2.75, 3.05) is 13.1 Å². The molecular weight excluding hydrogens is 258 g/mol. The van der Waals surface area contributed by atoms with Crippen LogP contribution in [-0.2, 0) is 12.8 Å². The van der Waals surface area contributed by atoms with Gasteiger partial charge in [0.25, 0.3) is 0 Å². The predicted octanol–water partition coefficient (Wildman–Crippen LogP) is 3.41. The minimum absolute atomic E-state index is 1.09. The maximum atomic E-state index is 4.34. The van der Waals surface area contributed by atoms with Gasteiger partial charge in [0.15, 0.2) is 0 Å². The molecule has 3 heteroatoms. The summed E-state index contributed by atoms with van der Waals surface area (Å²) in [6, 6.07) is 12.3. The lowest BCUT2D eigenvalue weighted by Gasteiger charge is -2.05. The van der Waals surface area contributed by atoms with Crippen molar-refractivity contribution in [2.24, 2.45) is 0 Å². The van der Waals surface area contributed by atoms with Gasteiger partial charge in [0.2, 0.25) is 0 Å². The Balaban J connectivity index is 1.40. The zero-order valence-electron chi connectivity index (χ0n) is 12.7. The zero-order valence-corrected chi connectivity index (χ0v) is 12.7. The summed E-state index contributed by atoms with van der Waals surface area (Å²) in [5.74, 6) is 0. The molecule has 0 saturated carbocycles. The predicted molar refractivity (Wildman–Crippen MR) is 87.2 cm³/mol. The normalized spacial score (nSPS) is 10.7. The van der Waals surface area contributed by atoms with Crippen LogP contribution in [0.15, 0.2) is 48.8 Å². The number of hydrogen-bond donors (Lipinski definition) is 1. The van der Waals surface area contributed by atoms with E-state index < -0.39 is 0 Å². The van der Waals surface area contributed by atoms with Gasteiger partial charge >= 0.3 is 0 Å². The molecule has 2 heterocycles. The Morgan fingerprint density at radius 2 is 1.19 bits per heavy atom. The Morgan fingerprint density at radius 3 is 1.62 bits per heavy atom. The average molecular weight is 283 g/mol. The number of hydrogen-bond acceptors (Lipinski definition) is 3. The molecule has 0 aliphatic heterocycles. The van der Waals surface area contributed by atoms with E-state index in [2.05, 4.69) is 39.6 Å². The van der Waals surface area contributed by atoms with Crippen molar-refractivity contribution >= 4 is 0 Å². The Kier molecular flexibility index (Phi) is 7.49. The van der Waals surface area contributed by atoms with Gasteiger partial charge in [0.1, 0.15) is 0 Å². The third-order valence-electron chi connectivity index (χ3n) is 3.53. The van der Waals surface area contributed by atoms with Crippen LogP contribution in [0.2, 0.25) is 0 Å². The van der Waals surface area contributed by atoms with Gasteiger partial charge in [-0.1, -0.05) is 12.1 Å². The molecule has 0 aromatic carbocycles. The number of pyridine rings is 2. The molecule has 0 spiro atoms. The van der Waals surface area contributed by atoms with Gasteiger partial charge in [-0.15, -0.1) is 0 Å². The number of nitrogens with one attached hydrogen (secondary N) is 1. The highest BCUT2D eigenvalue weighted by molar-refractivity contribution is 5.03. The molecule has 21 heavy (non-hydrogen) atoms. The molecule has 112 valence electrons. The van der Waals surface area contributed by atoms with Gasteiger partial charge in [-0.3, -0.25) is 9.97 Å². The second kappa shape index (κ2) is 10.1. The van der Waals surface area contributed by atoms with Crippen LogP contribution in [0.4, 0.5) is 0 Å². The molecule has 1 N–H and O–H groups in total. The van der Waals surface area contributed by atoms with Crippen molar-refractivity contribution in [3.05, 3.63) is 60.2 Å². The summed E-state index contributed by atoms with van der Waals surface area (Å²) >= 11 is 0. The summed E-state index contributed by atoms with van der Waals surface area (Å²) in [5.41, 5.74) is 2.40. The summed E-state index contributed by atoms with van der Waals surface area (Å²) in [7, 11) is 0. The molecule has 0 amide bonds. The van der Waals surface area contributed by atoms with E-state index in [-0.39, 0.29) is 0 Å². The molecule has 0 aliphatic rings. The number of aromatic nitrogens is 2. The first-order valence-electron chi connectivity index (χ1n) is 7.96. The molecule has 2 rings (SSSR count). The fourth-order valence-electron chi connectivity index (χ4n) is 2.33. The van der Waals surface area contributed by atoms with Crippen LogP contribution in [-0.4, -0.2) is 23.1 Å². The van der Waals surface area contributed by atoms with Crippen molar-refractivity contribution in [3.63, 3.8) is 0 Å². The van der Waals surface area contributed by atoms with Crippen molar-refractivity contribution < 1.29 is 0 Å². The Labute approximate surface area is 127 Å². The van der Waals surface area contributed by atoms with E-state index in [9.17, 15) is 0 Å². The molecule has 3 nitrogen and oxygen atoms in total. The number of unbranched alkanes of at least 4 members (excludes halogenated alkanes) is 2. The first-order valence-corrected chi connectivity index (χ1v) is 7.96. The fraction of sp³-hybridized carbons (Fsp3) is 0.444. The number of aryl methyl sites for hydroxylation is 2. The molecular formula is C18H25N3. The highest BCUT2D eigenvalue weighted by Crippen LogP contribution is 2.02. The number of nitrogens with zero attached hydrogens (tertiary/aromatic N) is 2. The van der Waals surface area contributed by atoms with Gasteiger partial charge in [-0.05, 0) is 75.9 Å². The van der Waals surface area contributed by atoms with E-state index >= 15 is 0 Å². The smallest absolute Gasteiger partial charge is 0.0403 e. The zero-order chi connectivity index (χ0) is 14.6. The SMILES string of the molecule is c1ccc(CCCCNCCCCc2ccccn2)nc1. The second-order valence-electron chi connectivity index (χ2n) is 5.31. The van der Waals surface area contributed by atoms with E-state index in [0.717, 1.165) is 25.9 Å². The molecule has 0 atom stereocenters. The maximum Gasteiger partial charge on any atom is 0.0403 e. The third kappa shape index (κ3) is 7.00. The van der Waals surface area contributed by atoms with E-state index in [1.54, 1.807) is 0 Å². The van der Waals surface area contributed by atoms with Crippen LogP contribution in [0.25, 0.3) is 0 Å². The molecule has 2 aromatic rings. The molecule has 2 aromatic heterocycles. The maximum absolute atomic E-state index is 4.34. The molecule has 0 aliphatic carbocycles. The quantitative estimate of drug-likeness (QED) is 0.679. The largest absolute Gasteiger partial charge is 0.317 e. The summed E-state index contributed by atoms with van der Waals surface area (Å²) < 4.78 is 0. The van der Waals surface area contributed by atoms with Crippen LogP contribution >= 0.6 is 0 Å². The molecule has 0 radical (unpaired) electrons. The molecule has 0 saturated heterocycles. The number of rotatable bonds is 10. The van der Waals surface area contributed by atoms with Crippen LogP contribution in [0.1, 0.15) is 37.1 Å². The first-order chi connectivity index (χ1) is 10.4. The van der Waals surface area contributed by atoms with Crippen molar-refractivity contribution in [2.45, 2.75) is 38.5 Å². The minimum atomic E-state index is 1.09. The topological polar surface area (TPSA) is 37.8 Å².